The number of hydrogen-bond donors (Lipinski definition) is 3. The number of carbonyl (C=O) groups excluding carboxylic acids is 4. The van der Waals surface area contributed by atoms with Crippen LogP contribution in [0.15, 0.2) is 0 Å². The van der Waals surface area contributed by atoms with E-state index in [4.69, 9.17) is 37.0 Å². The van der Waals surface area contributed by atoms with Gasteiger partial charge in [-0.3, -0.25) is 37.3 Å². The number of unbranched alkanes of at least 4 members (excludes halogenated alkanes) is 45. The molecule has 0 rings (SSSR count). The molecule has 2 unspecified atom stereocenters. The van der Waals surface area contributed by atoms with E-state index in [0.717, 1.165) is 114 Å². The lowest BCUT2D eigenvalue weighted by Gasteiger charge is -2.21. The largest absolute Gasteiger partial charge is 0.472 e. The number of phosphoric ester groups is 2. The van der Waals surface area contributed by atoms with Crippen LogP contribution in [0.4, 0.5) is 0 Å². The highest BCUT2D eigenvalue weighted by Gasteiger charge is 2.30. The van der Waals surface area contributed by atoms with E-state index in [2.05, 4.69) is 55.4 Å². The molecule has 0 saturated carbocycles. The zero-order valence-electron chi connectivity index (χ0n) is 66.5. The van der Waals surface area contributed by atoms with Crippen molar-refractivity contribution in [2.24, 2.45) is 23.7 Å². The Hall–Kier alpha value is -1.94. The van der Waals surface area contributed by atoms with Crippen molar-refractivity contribution in [2.75, 3.05) is 39.6 Å². The Morgan fingerprint density at radius 1 is 0.248 bits per heavy atom. The number of esters is 4. The van der Waals surface area contributed by atoms with Crippen molar-refractivity contribution in [3.8, 4) is 0 Å². The maximum absolute atomic E-state index is 13.1. The Bertz CT molecular complexity index is 1970. The second kappa shape index (κ2) is 71.0. The van der Waals surface area contributed by atoms with Gasteiger partial charge in [0.2, 0.25) is 0 Å². The molecule has 5 atom stereocenters. The summed E-state index contributed by atoms with van der Waals surface area (Å²) in [6.07, 6.45) is 58.6. The first kappa shape index (κ1) is 99.1. The number of hydrogen-bond acceptors (Lipinski definition) is 15. The van der Waals surface area contributed by atoms with Gasteiger partial charge in [-0.05, 0) is 49.4 Å². The molecule has 0 aliphatic heterocycles. The Labute approximate surface area is 619 Å². The summed E-state index contributed by atoms with van der Waals surface area (Å²) in [5, 5.41) is 10.6. The Balaban J connectivity index is 5.21. The highest BCUT2D eigenvalue weighted by Crippen LogP contribution is 2.45. The van der Waals surface area contributed by atoms with Gasteiger partial charge in [-0.2, -0.15) is 0 Å². The summed E-state index contributed by atoms with van der Waals surface area (Å²) in [5.41, 5.74) is 0. The molecule has 0 heterocycles. The summed E-state index contributed by atoms with van der Waals surface area (Å²) < 4.78 is 68.7. The van der Waals surface area contributed by atoms with Gasteiger partial charge in [0.15, 0.2) is 12.2 Å². The van der Waals surface area contributed by atoms with Crippen molar-refractivity contribution >= 4 is 39.5 Å². The van der Waals surface area contributed by atoms with E-state index in [1.54, 1.807) is 0 Å². The molecule has 0 amide bonds. The van der Waals surface area contributed by atoms with Crippen LogP contribution >= 0.6 is 15.6 Å². The lowest BCUT2D eigenvalue weighted by molar-refractivity contribution is -0.161. The van der Waals surface area contributed by atoms with Crippen molar-refractivity contribution in [3.05, 3.63) is 0 Å². The minimum absolute atomic E-state index is 0.105. The maximum atomic E-state index is 13.1. The molecule has 0 aromatic rings. The lowest BCUT2D eigenvalue weighted by Crippen LogP contribution is -2.30. The summed E-state index contributed by atoms with van der Waals surface area (Å²) in [4.78, 5) is 73.0. The third-order valence-electron chi connectivity index (χ3n) is 19.1. The number of aliphatic hydroxyl groups excluding tert-OH is 1. The monoisotopic (exact) mass is 1480 g/mol. The van der Waals surface area contributed by atoms with Crippen molar-refractivity contribution in [1.29, 1.82) is 0 Å². The molecule has 0 aromatic heterocycles. The highest BCUT2D eigenvalue weighted by molar-refractivity contribution is 7.47. The Kier molecular flexibility index (Phi) is 69.6. The second-order valence-corrected chi connectivity index (χ2v) is 34.3. The van der Waals surface area contributed by atoms with Gasteiger partial charge in [-0.15, -0.1) is 0 Å². The van der Waals surface area contributed by atoms with Crippen molar-refractivity contribution in [2.45, 2.75) is 440 Å². The Morgan fingerprint density at radius 2 is 0.416 bits per heavy atom. The van der Waals surface area contributed by atoms with Crippen LogP contribution in [0.5, 0.6) is 0 Å². The van der Waals surface area contributed by atoms with Crippen LogP contribution in [0, 0.1) is 23.7 Å². The molecule has 101 heavy (non-hydrogen) atoms. The lowest BCUT2D eigenvalue weighted by atomic mass is 10.0. The highest BCUT2D eigenvalue weighted by atomic mass is 31.2. The van der Waals surface area contributed by atoms with Crippen LogP contribution in [-0.2, 0) is 65.4 Å². The predicted octanol–water partition coefficient (Wildman–Crippen LogP) is 24.4. The Morgan fingerprint density at radius 3 is 0.614 bits per heavy atom. The normalized spacial score (nSPS) is 14.0. The van der Waals surface area contributed by atoms with Gasteiger partial charge >= 0.3 is 39.5 Å². The van der Waals surface area contributed by atoms with Gasteiger partial charge < -0.3 is 33.8 Å². The zero-order valence-corrected chi connectivity index (χ0v) is 68.3. The number of phosphoric acid groups is 2. The minimum Gasteiger partial charge on any atom is -0.462 e. The van der Waals surface area contributed by atoms with Gasteiger partial charge in [-0.1, -0.05) is 370 Å². The molecule has 0 bridgehead atoms. The standard InChI is InChI=1S/C82H160O17P2/c1-72(2)58-50-42-34-28-22-18-14-11-9-10-12-16-21-25-32-38-48-56-64-81(86)98-77(68-92-79(84)62-54-46-37-31-24-20-17-13-15-19-23-29-35-43-51-59-73(3)4)70-96-100(88,89)94-66-76(83)67-95-101(90,91)97-71-78(69-93-80(85)63-55-47-41-40-45-53-61-75(7)8)99-82(87)65-57-49-39-33-27-26-30-36-44-52-60-74(5)6/h72-78,83H,9-71H2,1-8H3,(H,88,89)(H,90,91)/t76-,77-,78-/m1/s1. The third kappa shape index (κ3) is 76.1. The van der Waals surface area contributed by atoms with Crippen LogP contribution in [0.1, 0.15) is 421 Å². The molecule has 0 saturated heterocycles. The minimum atomic E-state index is -4.96. The van der Waals surface area contributed by atoms with E-state index in [0.29, 0.717) is 31.6 Å². The zero-order chi connectivity index (χ0) is 74.6. The smallest absolute Gasteiger partial charge is 0.462 e. The van der Waals surface area contributed by atoms with Crippen molar-refractivity contribution < 1.29 is 80.2 Å². The summed E-state index contributed by atoms with van der Waals surface area (Å²) in [5.74, 6) is 0.943. The molecule has 3 N–H and O–H groups in total. The number of aliphatic hydroxyl groups is 1. The quantitative estimate of drug-likeness (QED) is 0.0222. The molecular formula is C82H160O17P2. The topological polar surface area (TPSA) is 237 Å². The summed E-state index contributed by atoms with van der Waals surface area (Å²) >= 11 is 0. The fourth-order valence-electron chi connectivity index (χ4n) is 12.6. The van der Waals surface area contributed by atoms with E-state index in [1.165, 1.54) is 218 Å². The molecule has 0 aliphatic carbocycles. The van der Waals surface area contributed by atoms with Crippen LogP contribution in [0.25, 0.3) is 0 Å². The van der Waals surface area contributed by atoms with Crippen LogP contribution in [0.3, 0.4) is 0 Å². The van der Waals surface area contributed by atoms with Gasteiger partial charge in [0.05, 0.1) is 26.4 Å². The first-order chi connectivity index (χ1) is 48.6. The molecule has 0 fully saturated rings. The van der Waals surface area contributed by atoms with Gasteiger partial charge in [-0.25, -0.2) is 9.13 Å². The predicted molar refractivity (Wildman–Crippen MR) is 414 cm³/mol. The summed E-state index contributed by atoms with van der Waals surface area (Å²) in [6, 6.07) is 0. The molecule has 0 aliphatic rings. The second-order valence-electron chi connectivity index (χ2n) is 31.4. The van der Waals surface area contributed by atoms with E-state index in [9.17, 15) is 43.2 Å². The van der Waals surface area contributed by atoms with Crippen LogP contribution < -0.4 is 0 Å². The van der Waals surface area contributed by atoms with E-state index >= 15 is 0 Å². The first-order valence-electron chi connectivity index (χ1n) is 42.2. The molecule has 19 heteroatoms. The molecule has 17 nitrogen and oxygen atoms in total. The summed E-state index contributed by atoms with van der Waals surface area (Å²) in [7, 11) is -9.92. The average molecular weight is 1480 g/mol. The van der Waals surface area contributed by atoms with Gasteiger partial charge in [0.1, 0.15) is 19.3 Å². The van der Waals surface area contributed by atoms with Crippen molar-refractivity contribution in [1.82, 2.24) is 0 Å². The van der Waals surface area contributed by atoms with E-state index in [1.807, 2.05) is 0 Å². The van der Waals surface area contributed by atoms with Crippen LogP contribution in [-0.4, -0.2) is 96.7 Å². The third-order valence-corrected chi connectivity index (χ3v) is 21.0. The number of ether oxygens (including phenoxy) is 4. The van der Waals surface area contributed by atoms with Crippen LogP contribution in [0.2, 0.25) is 0 Å². The number of rotatable bonds is 79. The van der Waals surface area contributed by atoms with E-state index < -0.39 is 97.5 Å². The molecule has 0 radical (unpaired) electrons. The maximum Gasteiger partial charge on any atom is 0.472 e. The molecule has 0 aromatic carbocycles. The summed E-state index contributed by atoms with van der Waals surface area (Å²) in [6.45, 7) is 14.2. The van der Waals surface area contributed by atoms with E-state index in [-0.39, 0.29) is 25.7 Å². The molecule has 0 spiro atoms. The van der Waals surface area contributed by atoms with Crippen molar-refractivity contribution in [3.63, 3.8) is 0 Å². The average Bonchev–Trinajstić information content (AvgIpc) is 0.937. The number of carbonyl (C=O) groups is 4. The van der Waals surface area contributed by atoms with Gasteiger partial charge in [0.25, 0.3) is 0 Å². The fraction of sp³-hybridized carbons (Fsp3) is 0.951. The molecule has 600 valence electrons. The SMILES string of the molecule is CC(C)CCCCCCCCCCCCCCCCCCCCC(=O)O[C@H](COC(=O)CCCCCCCCCCCCCCCCCC(C)C)COP(=O)(O)OC[C@@H](O)COP(=O)(O)OC[C@@H](COC(=O)CCCCCCCCC(C)C)OC(=O)CCCCCCCCCCCCC(C)C. The van der Waals surface area contributed by atoms with Gasteiger partial charge in [0, 0.05) is 25.7 Å². The fourth-order valence-corrected chi connectivity index (χ4v) is 14.2. The first-order valence-corrected chi connectivity index (χ1v) is 45.2. The molecular weight excluding hydrogens is 1320 g/mol.